The highest BCUT2D eigenvalue weighted by molar-refractivity contribution is 5.34. The van der Waals surface area contributed by atoms with Crippen LogP contribution >= 0.6 is 0 Å². The van der Waals surface area contributed by atoms with Crippen molar-refractivity contribution in [1.29, 1.82) is 0 Å². The molecule has 0 atom stereocenters. The second-order valence-corrected chi connectivity index (χ2v) is 2.06. The average molecular weight is 133 g/mol. The van der Waals surface area contributed by atoms with Crippen molar-refractivity contribution in [1.82, 2.24) is 0 Å². The van der Waals surface area contributed by atoms with Gasteiger partial charge >= 0.3 is 0 Å². The first kappa shape index (κ1) is 6.82. The molecule has 0 saturated carbocycles. The van der Waals surface area contributed by atoms with Gasteiger partial charge in [-0.25, -0.2) is 4.39 Å². The van der Waals surface area contributed by atoms with Gasteiger partial charge in [0, 0.05) is 11.6 Å². The monoisotopic (exact) mass is 133 g/mol. The molecule has 0 fully saturated rings. The summed E-state index contributed by atoms with van der Waals surface area (Å²) in [6.45, 7) is 1.79. The quantitative estimate of drug-likeness (QED) is 0.474. The van der Waals surface area contributed by atoms with E-state index in [0.717, 1.165) is 5.56 Å². The molecule has 1 aromatic rings. The number of hydrogen-bond donors (Lipinski definition) is 0. The van der Waals surface area contributed by atoms with Crippen LogP contribution in [0.5, 0.6) is 0 Å². The zero-order chi connectivity index (χ0) is 7.56. The van der Waals surface area contributed by atoms with E-state index in [2.05, 4.69) is 12.0 Å². The molecule has 0 amide bonds. The van der Waals surface area contributed by atoms with E-state index in [1.165, 1.54) is 6.07 Å². The summed E-state index contributed by atoms with van der Waals surface area (Å²) in [5.74, 6) is 1.92. The Morgan fingerprint density at radius 3 is 2.80 bits per heavy atom. The normalized spacial score (nSPS) is 8.90. The van der Waals surface area contributed by atoms with E-state index < -0.39 is 5.82 Å². The summed E-state index contributed by atoms with van der Waals surface area (Å²) in [6.07, 6.45) is 5.04. The molecule has 0 aliphatic rings. The van der Waals surface area contributed by atoms with Crippen LogP contribution in [0.3, 0.4) is 0 Å². The zero-order valence-corrected chi connectivity index (χ0v) is 5.61. The summed E-state index contributed by atoms with van der Waals surface area (Å²) in [7, 11) is 0. The largest absolute Gasteiger partial charge is 0.206 e. The molecule has 10 heavy (non-hydrogen) atoms. The predicted octanol–water partition coefficient (Wildman–Crippen LogP) is 1.92. The van der Waals surface area contributed by atoms with E-state index in [9.17, 15) is 4.39 Å². The number of hydrogen-bond acceptors (Lipinski definition) is 0. The van der Waals surface area contributed by atoms with Crippen LogP contribution in [-0.4, -0.2) is 0 Å². The Hall–Kier alpha value is -1.29. The molecule has 49 valence electrons. The van der Waals surface area contributed by atoms with E-state index in [0.29, 0.717) is 5.56 Å². The fourth-order valence-corrected chi connectivity index (χ4v) is 0.748. The number of rotatable bonds is 0. The van der Waals surface area contributed by atoms with Crippen LogP contribution in [0.15, 0.2) is 12.1 Å². The minimum absolute atomic E-state index is 0.395. The lowest BCUT2D eigenvalue weighted by atomic mass is 10.1. The van der Waals surface area contributed by atoms with Crippen LogP contribution in [0.25, 0.3) is 0 Å². The lowest BCUT2D eigenvalue weighted by Crippen LogP contribution is -1.81. The first-order valence-corrected chi connectivity index (χ1v) is 2.88. The molecule has 1 heteroatoms. The van der Waals surface area contributed by atoms with Crippen LogP contribution in [0.4, 0.5) is 4.39 Å². The molecule has 0 spiro atoms. The average Bonchev–Trinajstić information content (AvgIpc) is 1.85. The summed E-state index contributed by atoms with van der Waals surface area (Å²) in [4.78, 5) is 0. The third kappa shape index (κ3) is 1.35. The fourth-order valence-electron chi connectivity index (χ4n) is 0.748. The molecule has 0 N–H and O–H groups in total. The van der Waals surface area contributed by atoms with Crippen molar-refractivity contribution in [3.63, 3.8) is 0 Å². The standard InChI is InChI=1S/C9H6F/c1-3-8-4-7(2)5-9(10)6-8/h1,4-5H,2H3. The fraction of sp³-hybridized carbons (Fsp3) is 0.111. The molecule has 0 aromatic heterocycles. The molecule has 0 unspecified atom stereocenters. The highest BCUT2D eigenvalue weighted by Gasteiger charge is 1.93. The molecular formula is C9H6F. The van der Waals surface area contributed by atoms with Gasteiger partial charge in [0.2, 0.25) is 0 Å². The topological polar surface area (TPSA) is 0 Å². The molecular weight excluding hydrogens is 127 g/mol. The molecule has 0 aliphatic carbocycles. The molecule has 0 nitrogen and oxygen atoms in total. The maximum atomic E-state index is 12.5. The first-order chi connectivity index (χ1) is 4.72. The van der Waals surface area contributed by atoms with Crippen molar-refractivity contribution >= 4 is 0 Å². The maximum Gasteiger partial charge on any atom is 0.132 e. The van der Waals surface area contributed by atoms with Gasteiger partial charge in [-0.1, -0.05) is 5.92 Å². The Balaban J connectivity index is 3.22. The van der Waals surface area contributed by atoms with Crippen molar-refractivity contribution in [2.24, 2.45) is 0 Å². The van der Waals surface area contributed by atoms with Crippen LogP contribution in [0, 0.1) is 31.2 Å². The summed E-state index contributed by atoms with van der Waals surface area (Å²) in [6, 6.07) is 5.50. The van der Waals surface area contributed by atoms with Gasteiger partial charge in [-0.2, -0.15) is 0 Å². The Bertz CT molecular complexity index is 261. The molecule has 1 radical (unpaired) electrons. The number of aryl methyl sites for hydroxylation is 1. The van der Waals surface area contributed by atoms with Gasteiger partial charge in [0.05, 0.1) is 0 Å². The lowest BCUT2D eigenvalue weighted by Gasteiger charge is -1.92. The van der Waals surface area contributed by atoms with Gasteiger partial charge in [-0.15, -0.1) is 6.42 Å². The van der Waals surface area contributed by atoms with Crippen molar-refractivity contribution < 1.29 is 4.39 Å². The minimum atomic E-state index is -0.395. The minimum Gasteiger partial charge on any atom is -0.206 e. The van der Waals surface area contributed by atoms with Gasteiger partial charge in [0.1, 0.15) is 5.82 Å². The van der Waals surface area contributed by atoms with Gasteiger partial charge in [-0.05, 0) is 24.6 Å². The molecule has 0 heterocycles. The summed E-state index contributed by atoms with van der Waals surface area (Å²) >= 11 is 0. The van der Waals surface area contributed by atoms with E-state index >= 15 is 0 Å². The van der Waals surface area contributed by atoms with Gasteiger partial charge in [0.25, 0.3) is 0 Å². The number of halogens is 1. The van der Waals surface area contributed by atoms with Crippen molar-refractivity contribution in [3.05, 3.63) is 35.1 Å². The Morgan fingerprint density at radius 1 is 1.60 bits per heavy atom. The molecule has 0 bridgehead atoms. The third-order valence-electron chi connectivity index (χ3n) is 1.14. The Kier molecular flexibility index (Phi) is 1.73. The molecule has 1 aromatic carbocycles. The zero-order valence-electron chi connectivity index (χ0n) is 5.61. The molecule has 1 rings (SSSR count). The third-order valence-corrected chi connectivity index (χ3v) is 1.14. The SMILES string of the molecule is C#Cc1[c]c(F)cc(C)c1. The van der Waals surface area contributed by atoms with E-state index in [1.54, 1.807) is 13.0 Å². The Morgan fingerprint density at radius 2 is 2.30 bits per heavy atom. The molecule has 0 saturated heterocycles. The smallest absolute Gasteiger partial charge is 0.132 e. The van der Waals surface area contributed by atoms with Crippen molar-refractivity contribution in [2.75, 3.05) is 0 Å². The number of terminal acetylenes is 1. The van der Waals surface area contributed by atoms with Crippen LogP contribution < -0.4 is 0 Å². The summed E-state index contributed by atoms with van der Waals surface area (Å²) in [5, 5.41) is 0. The predicted molar refractivity (Wildman–Crippen MR) is 37.9 cm³/mol. The highest BCUT2D eigenvalue weighted by atomic mass is 19.1. The van der Waals surface area contributed by atoms with Crippen LogP contribution in [0.1, 0.15) is 11.1 Å². The second-order valence-electron chi connectivity index (χ2n) is 2.06. The lowest BCUT2D eigenvalue weighted by molar-refractivity contribution is 0.624. The van der Waals surface area contributed by atoms with Crippen LogP contribution in [-0.2, 0) is 0 Å². The summed E-state index contributed by atoms with van der Waals surface area (Å²) < 4.78 is 12.5. The van der Waals surface area contributed by atoms with Gasteiger partial charge in [-0.3, -0.25) is 0 Å². The Labute approximate surface area is 59.7 Å². The van der Waals surface area contributed by atoms with Crippen molar-refractivity contribution in [3.8, 4) is 12.3 Å². The maximum absolute atomic E-state index is 12.5. The first-order valence-electron chi connectivity index (χ1n) is 2.88. The highest BCUT2D eigenvalue weighted by Crippen LogP contribution is 2.05. The van der Waals surface area contributed by atoms with E-state index in [1.807, 2.05) is 0 Å². The van der Waals surface area contributed by atoms with Crippen molar-refractivity contribution in [2.45, 2.75) is 6.92 Å². The van der Waals surface area contributed by atoms with Gasteiger partial charge in [0.15, 0.2) is 0 Å². The number of benzene rings is 1. The molecule has 0 aliphatic heterocycles. The second kappa shape index (κ2) is 2.53. The van der Waals surface area contributed by atoms with E-state index in [4.69, 9.17) is 6.42 Å². The summed E-state index contributed by atoms with van der Waals surface area (Å²) in [5.41, 5.74) is 1.29. The van der Waals surface area contributed by atoms with Gasteiger partial charge < -0.3 is 0 Å². The van der Waals surface area contributed by atoms with E-state index in [-0.39, 0.29) is 0 Å². The van der Waals surface area contributed by atoms with Crippen LogP contribution in [0.2, 0.25) is 0 Å².